The number of para-hydroxylation sites is 2. The van der Waals surface area contributed by atoms with Crippen molar-refractivity contribution in [3.63, 3.8) is 0 Å². The van der Waals surface area contributed by atoms with Gasteiger partial charge in [-0.3, -0.25) is 0 Å². The molecule has 1 aromatic rings. The van der Waals surface area contributed by atoms with Crippen molar-refractivity contribution in [3.05, 3.63) is 24.3 Å². The smallest absolute Gasteiger partial charge is 0.397 e. The van der Waals surface area contributed by atoms with Crippen LogP contribution in [-0.2, 0) is 0 Å². The highest BCUT2D eigenvalue weighted by atomic mass is 19.4. The zero-order chi connectivity index (χ0) is 12.0. The van der Waals surface area contributed by atoms with E-state index in [1.165, 1.54) is 4.90 Å². The summed E-state index contributed by atoms with van der Waals surface area (Å²) < 4.78 is 37.1. The normalized spacial score (nSPS) is 19.4. The lowest BCUT2D eigenvalue weighted by Crippen LogP contribution is -2.69. The van der Waals surface area contributed by atoms with E-state index in [9.17, 15) is 18.3 Å². The number of hydrogen-bond acceptors (Lipinski definition) is 3. The zero-order valence-corrected chi connectivity index (χ0v) is 8.33. The average molecular weight is 232 g/mol. The lowest BCUT2D eigenvalue weighted by molar-refractivity contribution is -0.267. The van der Waals surface area contributed by atoms with Gasteiger partial charge < -0.3 is 15.7 Å². The highest BCUT2D eigenvalue weighted by Gasteiger charge is 2.61. The average Bonchev–Trinajstić information content (AvgIpc) is 2.12. The fourth-order valence-corrected chi connectivity index (χ4v) is 1.71. The minimum atomic E-state index is -4.59. The molecular weight excluding hydrogens is 221 g/mol. The number of β-amino-alcohol motifs (C(OH)–C–C–N with tert-alkyl or cyclic N) is 1. The number of nitrogens with zero attached hydrogens (tertiary/aromatic N) is 1. The van der Waals surface area contributed by atoms with E-state index in [4.69, 9.17) is 5.73 Å². The Labute approximate surface area is 90.3 Å². The first-order chi connectivity index (χ1) is 7.33. The van der Waals surface area contributed by atoms with E-state index in [0.29, 0.717) is 11.4 Å². The molecule has 0 unspecified atom stereocenters. The number of benzene rings is 1. The summed E-state index contributed by atoms with van der Waals surface area (Å²) >= 11 is 0. The van der Waals surface area contributed by atoms with Crippen molar-refractivity contribution in [1.29, 1.82) is 0 Å². The van der Waals surface area contributed by atoms with Crippen LogP contribution in [0.4, 0.5) is 24.5 Å². The summed E-state index contributed by atoms with van der Waals surface area (Å²) in [7, 11) is 0. The molecule has 0 bridgehead atoms. The molecule has 3 N–H and O–H groups in total. The van der Waals surface area contributed by atoms with Crippen LogP contribution in [-0.4, -0.2) is 30.0 Å². The van der Waals surface area contributed by atoms with Gasteiger partial charge in [-0.05, 0) is 12.1 Å². The summed E-state index contributed by atoms with van der Waals surface area (Å²) in [6.07, 6.45) is -4.59. The molecule has 0 aliphatic carbocycles. The van der Waals surface area contributed by atoms with Crippen molar-refractivity contribution in [2.75, 3.05) is 23.7 Å². The van der Waals surface area contributed by atoms with E-state index < -0.39 is 24.9 Å². The molecule has 0 spiro atoms. The van der Waals surface area contributed by atoms with Crippen molar-refractivity contribution >= 4 is 11.4 Å². The zero-order valence-electron chi connectivity index (χ0n) is 8.33. The molecular formula is C10H11F3N2O. The third-order valence-electron chi connectivity index (χ3n) is 2.71. The van der Waals surface area contributed by atoms with Crippen LogP contribution < -0.4 is 10.6 Å². The van der Waals surface area contributed by atoms with E-state index in [-0.39, 0.29) is 0 Å². The van der Waals surface area contributed by atoms with Crippen molar-refractivity contribution in [2.24, 2.45) is 0 Å². The van der Waals surface area contributed by atoms with Crippen molar-refractivity contribution in [2.45, 2.75) is 11.8 Å². The molecule has 88 valence electrons. The van der Waals surface area contributed by atoms with E-state index >= 15 is 0 Å². The van der Waals surface area contributed by atoms with Crippen LogP contribution in [0.25, 0.3) is 0 Å². The van der Waals surface area contributed by atoms with Crippen molar-refractivity contribution in [1.82, 2.24) is 0 Å². The summed E-state index contributed by atoms with van der Waals surface area (Å²) in [6.45, 7) is -0.935. The molecule has 1 aliphatic heterocycles. The van der Waals surface area contributed by atoms with E-state index in [1.54, 1.807) is 24.3 Å². The summed E-state index contributed by atoms with van der Waals surface area (Å²) in [5.41, 5.74) is 3.96. The van der Waals surface area contributed by atoms with E-state index in [2.05, 4.69) is 0 Å². The van der Waals surface area contributed by atoms with Crippen LogP contribution in [0.5, 0.6) is 0 Å². The second-order valence-corrected chi connectivity index (χ2v) is 3.94. The van der Waals surface area contributed by atoms with Gasteiger partial charge in [-0.1, -0.05) is 12.1 Å². The van der Waals surface area contributed by atoms with Crippen LogP contribution in [0.2, 0.25) is 0 Å². The van der Waals surface area contributed by atoms with Gasteiger partial charge in [0.05, 0.1) is 24.5 Å². The molecule has 2 rings (SSSR count). The number of alkyl halides is 3. The topological polar surface area (TPSA) is 49.5 Å². The molecule has 0 radical (unpaired) electrons. The van der Waals surface area contributed by atoms with Crippen molar-refractivity contribution in [3.8, 4) is 0 Å². The number of anilines is 2. The minimum absolute atomic E-state index is 0.409. The molecule has 1 aromatic carbocycles. The number of halogens is 3. The van der Waals surface area contributed by atoms with Crippen LogP contribution >= 0.6 is 0 Å². The summed E-state index contributed by atoms with van der Waals surface area (Å²) in [5.74, 6) is 0. The second kappa shape index (κ2) is 3.28. The lowest BCUT2D eigenvalue weighted by Gasteiger charge is -2.48. The van der Waals surface area contributed by atoms with Gasteiger partial charge in [0.1, 0.15) is 0 Å². The standard InChI is InChI=1S/C10H11F3N2O/c11-10(12,13)9(16)5-15(6-9)8-4-2-1-3-7(8)14/h1-4,16H,5-6,14H2. The summed E-state index contributed by atoms with van der Waals surface area (Å²) in [6, 6.07) is 6.64. The van der Waals surface area contributed by atoms with Crippen molar-refractivity contribution < 1.29 is 18.3 Å². The summed E-state index contributed by atoms with van der Waals surface area (Å²) in [5, 5.41) is 9.26. The van der Waals surface area contributed by atoms with Gasteiger partial charge in [0.2, 0.25) is 0 Å². The summed E-state index contributed by atoms with van der Waals surface area (Å²) in [4.78, 5) is 1.41. The third-order valence-corrected chi connectivity index (χ3v) is 2.71. The molecule has 0 saturated carbocycles. The number of nitrogens with two attached hydrogens (primary N) is 1. The number of aliphatic hydroxyl groups is 1. The fourth-order valence-electron chi connectivity index (χ4n) is 1.71. The molecule has 1 saturated heterocycles. The Bertz CT molecular complexity index is 399. The van der Waals surface area contributed by atoms with Gasteiger partial charge in [0, 0.05) is 0 Å². The second-order valence-electron chi connectivity index (χ2n) is 3.94. The maximum Gasteiger partial charge on any atom is 0.420 e. The Morgan fingerprint density at radius 1 is 1.25 bits per heavy atom. The van der Waals surface area contributed by atoms with Gasteiger partial charge in [-0.15, -0.1) is 0 Å². The predicted molar refractivity (Wildman–Crippen MR) is 54.1 cm³/mol. The highest BCUT2D eigenvalue weighted by Crippen LogP contribution is 2.41. The molecule has 16 heavy (non-hydrogen) atoms. The van der Waals surface area contributed by atoms with Crippen LogP contribution in [0.1, 0.15) is 0 Å². The van der Waals surface area contributed by atoms with Gasteiger partial charge in [-0.2, -0.15) is 13.2 Å². The van der Waals surface area contributed by atoms with Gasteiger partial charge in [0.15, 0.2) is 5.60 Å². The van der Waals surface area contributed by atoms with E-state index in [1.807, 2.05) is 0 Å². The molecule has 1 aliphatic rings. The maximum absolute atomic E-state index is 12.4. The van der Waals surface area contributed by atoms with Gasteiger partial charge in [0.25, 0.3) is 0 Å². The monoisotopic (exact) mass is 232 g/mol. The van der Waals surface area contributed by atoms with Gasteiger partial charge >= 0.3 is 6.18 Å². The Morgan fingerprint density at radius 2 is 1.81 bits per heavy atom. The lowest BCUT2D eigenvalue weighted by atomic mass is 9.92. The Balaban J connectivity index is 2.12. The fraction of sp³-hybridized carbons (Fsp3) is 0.400. The molecule has 3 nitrogen and oxygen atoms in total. The molecule has 0 atom stereocenters. The first-order valence-electron chi connectivity index (χ1n) is 4.72. The highest BCUT2D eigenvalue weighted by molar-refractivity contribution is 5.69. The van der Waals surface area contributed by atoms with Crippen LogP contribution in [0, 0.1) is 0 Å². The van der Waals surface area contributed by atoms with Gasteiger partial charge in [-0.25, -0.2) is 0 Å². The SMILES string of the molecule is Nc1ccccc1N1CC(O)(C(F)(F)F)C1. The molecule has 0 aromatic heterocycles. The third kappa shape index (κ3) is 1.59. The predicted octanol–water partition coefficient (Wildman–Crippen LogP) is 1.38. The Hall–Kier alpha value is -1.43. The molecule has 6 heteroatoms. The number of hydrogen-bond donors (Lipinski definition) is 2. The van der Waals surface area contributed by atoms with Crippen LogP contribution in [0.3, 0.4) is 0 Å². The largest absolute Gasteiger partial charge is 0.420 e. The minimum Gasteiger partial charge on any atom is -0.397 e. The van der Waals surface area contributed by atoms with Crippen LogP contribution in [0.15, 0.2) is 24.3 Å². The molecule has 1 heterocycles. The Kier molecular flexibility index (Phi) is 2.27. The Morgan fingerprint density at radius 3 is 2.31 bits per heavy atom. The number of nitrogen functional groups attached to an aromatic ring is 1. The molecule has 0 amide bonds. The first-order valence-corrected chi connectivity index (χ1v) is 4.72. The quantitative estimate of drug-likeness (QED) is 0.719. The van der Waals surface area contributed by atoms with E-state index in [0.717, 1.165) is 0 Å². The molecule has 1 fully saturated rings. The first kappa shape index (κ1) is 11.1. The maximum atomic E-state index is 12.4. The number of rotatable bonds is 1.